The van der Waals surface area contributed by atoms with Gasteiger partial charge in [0.1, 0.15) is 0 Å². The Morgan fingerprint density at radius 3 is 2.64 bits per heavy atom. The lowest BCUT2D eigenvalue weighted by molar-refractivity contribution is 0.0684. The molecule has 0 spiro atoms. The van der Waals surface area contributed by atoms with Gasteiger partial charge in [0.15, 0.2) is 17.0 Å². The van der Waals surface area contributed by atoms with Crippen molar-refractivity contribution in [3.8, 4) is 6.01 Å². The van der Waals surface area contributed by atoms with E-state index in [-0.39, 0.29) is 11.6 Å². The fourth-order valence-electron chi connectivity index (χ4n) is 2.16. The summed E-state index contributed by atoms with van der Waals surface area (Å²) in [7, 11) is 1.48. The number of nitrogens with zero attached hydrogens (tertiary/aromatic N) is 4. The van der Waals surface area contributed by atoms with Crippen molar-refractivity contribution in [3.05, 3.63) is 41.7 Å². The monoisotopic (exact) mass is 299 g/mol. The lowest BCUT2D eigenvalue weighted by Crippen LogP contribution is -2.09. The molecule has 22 heavy (non-hydrogen) atoms. The first-order valence-corrected chi connectivity index (χ1v) is 6.45. The number of benzene rings is 1. The molecular formula is C14H13N5O3. The molecule has 0 atom stereocenters. The number of anilines is 1. The normalized spacial score (nSPS) is 10.8. The number of ether oxygens (including phenoxy) is 1. The van der Waals surface area contributed by atoms with Gasteiger partial charge >= 0.3 is 5.97 Å². The molecule has 2 aromatic heterocycles. The summed E-state index contributed by atoms with van der Waals surface area (Å²) >= 11 is 0. The summed E-state index contributed by atoms with van der Waals surface area (Å²) in [5, 5.41) is 9.07. The van der Waals surface area contributed by atoms with Gasteiger partial charge in [-0.2, -0.15) is 4.98 Å². The zero-order chi connectivity index (χ0) is 15.7. The number of carboxylic acids is 1. The highest BCUT2D eigenvalue weighted by atomic mass is 16.5. The van der Waals surface area contributed by atoms with E-state index in [2.05, 4.69) is 15.0 Å². The molecule has 3 aromatic rings. The predicted octanol–water partition coefficient (Wildman–Crippen LogP) is 1.16. The Bertz CT molecular complexity index is 845. The van der Waals surface area contributed by atoms with E-state index in [4.69, 9.17) is 15.6 Å². The van der Waals surface area contributed by atoms with Crippen LogP contribution in [0.25, 0.3) is 11.2 Å². The minimum atomic E-state index is -1.25. The number of aromatic nitrogens is 4. The molecular weight excluding hydrogens is 286 g/mol. The first-order valence-electron chi connectivity index (χ1n) is 6.45. The molecule has 0 radical (unpaired) electrons. The summed E-state index contributed by atoms with van der Waals surface area (Å²) in [6.07, 6.45) is 0. The Morgan fingerprint density at radius 1 is 1.27 bits per heavy atom. The van der Waals surface area contributed by atoms with Crippen molar-refractivity contribution in [2.75, 3.05) is 12.8 Å². The lowest BCUT2D eigenvalue weighted by atomic mass is 10.2. The second-order valence-electron chi connectivity index (χ2n) is 4.58. The molecule has 1 aromatic carbocycles. The maximum Gasteiger partial charge on any atom is 0.374 e. The van der Waals surface area contributed by atoms with E-state index in [0.29, 0.717) is 23.7 Å². The number of nitrogen functional groups attached to an aromatic ring is 1. The van der Waals surface area contributed by atoms with Gasteiger partial charge in [0.05, 0.1) is 13.7 Å². The van der Waals surface area contributed by atoms with Gasteiger partial charge in [0, 0.05) is 0 Å². The van der Waals surface area contributed by atoms with Crippen LogP contribution in [0.5, 0.6) is 6.01 Å². The van der Waals surface area contributed by atoms with Gasteiger partial charge in [-0.3, -0.25) is 4.57 Å². The number of aromatic carboxylic acids is 1. The Labute approximate surface area is 125 Å². The molecule has 0 unspecified atom stereocenters. The highest BCUT2D eigenvalue weighted by Crippen LogP contribution is 2.24. The third-order valence-corrected chi connectivity index (χ3v) is 3.14. The minimum absolute atomic E-state index is 0.00696. The molecule has 112 valence electrons. The van der Waals surface area contributed by atoms with Crippen LogP contribution in [-0.2, 0) is 6.54 Å². The van der Waals surface area contributed by atoms with Gasteiger partial charge in [-0.15, -0.1) is 0 Å². The lowest BCUT2D eigenvalue weighted by Gasteiger charge is -2.07. The van der Waals surface area contributed by atoms with Crippen LogP contribution in [0.4, 0.5) is 5.82 Å². The van der Waals surface area contributed by atoms with Crippen molar-refractivity contribution < 1.29 is 14.6 Å². The van der Waals surface area contributed by atoms with Gasteiger partial charge in [-0.1, -0.05) is 30.3 Å². The molecule has 2 heterocycles. The van der Waals surface area contributed by atoms with Crippen molar-refractivity contribution in [1.29, 1.82) is 0 Å². The molecule has 0 saturated heterocycles. The number of rotatable bonds is 4. The summed E-state index contributed by atoms with van der Waals surface area (Å²) in [5.74, 6) is -1.62. The molecule has 0 fully saturated rings. The van der Waals surface area contributed by atoms with Crippen LogP contribution in [0, 0.1) is 0 Å². The van der Waals surface area contributed by atoms with E-state index < -0.39 is 5.97 Å². The average Bonchev–Trinajstić information content (AvgIpc) is 2.87. The Hall–Kier alpha value is -3.16. The molecule has 0 aliphatic heterocycles. The molecule has 0 aliphatic carbocycles. The van der Waals surface area contributed by atoms with Crippen molar-refractivity contribution in [2.24, 2.45) is 0 Å². The van der Waals surface area contributed by atoms with Gasteiger partial charge in [0.25, 0.3) is 6.01 Å². The molecule has 8 heteroatoms. The minimum Gasteiger partial charge on any atom is -0.475 e. The average molecular weight is 299 g/mol. The van der Waals surface area contributed by atoms with Crippen molar-refractivity contribution in [2.45, 2.75) is 6.54 Å². The standard InChI is InChI=1S/C14H13N5O3/c1-22-14-16-9-10(15)17-11(13(20)21)18-12(9)19(14)7-8-5-3-2-4-6-8/h2-6H,7H2,1H3,(H,20,21)(H2,15,17,18). The zero-order valence-corrected chi connectivity index (χ0v) is 11.7. The third-order valence-electron chi connectivity index (χ3n) is 3.14. The van der Waals surface area contributed by atoms with Crippen LogP contribution in [0.1, 0.15) is 16.2 Å². The fraction of sp³-hybridized carbons (Fsp3) is 0.143. The largest absolute Gasteiger partial charge is 0.475 e. The van der Waals surface area contributed by atoms with E-state index in [1.807, 2.05) is 30.3 Å². The summed E-state index contributed by atoms with van der Waals surface area (Å²) in [6.45, 7) is 0.427. The van der Waals surface area contributed by atoms with Gasteiger partial charge in [0.2, 0.25) is 5.82 Å². The van der Waals surface area contributed by atoms with Crippen molar-refractivity contribution in [1.82, 2.24) is 19.5 Å². The van der Waals surface area contributed by atoms with E-state index in [0.717, 1.165) is 5.56 Å². The van der Waals surface area contributed by atoms with Crippen molar-refractivity contribution in [3.63, 3.8) is 0 Å². The van der Waals surface area contributed by atoms with Crippen LogP contribution in [0.15, 0.2) is 30.3 Å². The number of hydrogen-bond acceptors (Lipinski definition) is 6. The van der Waals surface area contributed by atoms with Crippen LogP contribution in [-0.4, -0.2) is 37.7 Å². The Morgan fingerprint density at radius 2 is 2.00 bits per heavy atom. The number of imidazole rings is 1. The summed E-state index contributed by atoms with van der Waals surface area (Å²) in [4.78, 5) is 23.1. The summed E-state index contributed by atoms with van der Waals surface area (Å²) in [5.41, 5.74) is 7.42. The number of hydrogen-bond donors (Lipinski definition) is 2. The molecule has 0 amide bonds. The molecule has 3 N–H and O–H groups in total. The number of nitrogens with two attached hydrogens (primary N) is 1. The maximum absolute atomic E-state index is 11.1. The third kappa shape index (κ3) is 2.30. The smallest absolute Gasteiger partial charge is 0.374 e. The molecule has 0 aliphatic rings. The second kappa shape index (κ2) is 5.32. The number of methoxy groups -OCH3 is 1. The van der Waals surface area contributed by atoms with Gasteiger partial charge < -0.3 is 15.6 Å². The molecule has 0 bridgehead atoms. The fourth-order valence-corrected chi connectivity index (χ4v) is 2.16. The zero-order valence-electron chi connectivity index (χ0n) is 11.7. The van der Waals surface area contributed by atoms with Crippen LogP contribution in [0.3, 0.4) is 0 Å². The van der Waals surface area contributed by atoms with Gasteiger partial charge in [-0.25, -0.2) is 14.8 Å². The van der Waals surface area contributed by atoms with E-state index >= 15 is 0 Å². The predicted molar refractivity (Wildman–Crippen MR) is 78.8 cm³/mol. The molecule has 0 saturated carbocycles. The highest BCUT2D eigenvalue weighted by molar-refractivity contribution is 5.90. The second-order valence-corrected chi connectivity index (χ2v) is 4.58. The Kier molecular flexibility index (Phi) is 3.34. The first kappa shape index (κ1) is 13.8. The Balaban J connectivity index is 2.20. The van der Waals surface area contributed by atoms with E-state index in [9.17, 15) is 4.79 Å². The highest BCUT2D eigenvalue weighted by Gasteiger charge is 2.19. The molecule has 8 nitrogen and oxygen atoms in total. The van der Waals surface area contributed by atoms with Crippen molar-refractivity contribution >= 4 is 23.0 Å². The summed E-state index contributed by atoms with van der Waals surface area (Å²) < 4.78 is 6.90. The van der Waals surface area contributed by atoms with E-state index in [1.165, 1.54) is 7.11 Å². The molecule has 3 rings (SSSR count). The summed E-state index contributed by atoms with van der Waals surface area (Å²) in [6, 6.07) is 9.90. The quantitative estimate of drug-likeness (QED) is 0.742. The van der Waals surface area contributed by atoms with Crippen LogP contribution < -0.4 is 10.5 Å². The topological polar surface area (TPSA) is 116 Å². The van der Waals surface area contributed by atoms with E-state index in [1.54, 1.807) is 4.57 Å². The van der Waals surface area contributed by atoms with Gasteiger partial charge in [-0.05, 0) is 5.56 Å². The number of fused-ring (bicyclic) bond motifs is 1. The first-order chi connectivity index (χ1) is 10.6. The van der Waals surface area contributed by atoms with Crippen LogP contribution in [0.2, 0.25) is 0 Å². The number of carboxylic acid groups (broad SMARTS) is 1. The van der Waals surface area contributed by atoms with Crippen LogP contribution >= 0.6 is 0 Å². The number of carbonyl (C=O) groups is 1. The SMILES string of the molecule is COc1nc2c(N)nc(C(=O)O)nc2n1Cc1ccccc1. The maximum atomic E-state index is 11.1.